The number of rotatable bonds is 3. The molecule has 0 saturated carbocycles. The van der Waals surface area contributed by atoms with Gasteiger partial charge in [-0.05, 0) is 35.4 Å². The Morgan fingerprint density at radius 2 is 2.00 bits per heavy atom. The zero-order valence-electron chi connectivity index (χ0n) is 12.0. The van der Waals surface area contributed by atoms with Crippen LogP contribution in [-0.2, 0) is 14.9 Å². The molecular weight excluding hydrogens is 238 g/mol. The lowest BCUT2D eigenvalue weighted by Gasteiger charge is -2.19. The van der Waals surface area contributed by atoms with Crippen molar-refractivity contribution in [3.8, 4) is 0 Å². The highest BCUT2D eigenvalue weighted by Gasteiger charge is 2.19. The van der Waals surface area contributed by atoms with Crippen LogP contribution in [0, 0.1) is 5.92 Å². The van der Waals surface area contributed by atoms with Gasteiger partial charge < -0.3 is 10.1 Å². The van der Waals surface area contributed by atoms with E-state index in [1.54, 1.807) is 0 Å². The van der Waals surface area contributed by atoms with Crippen LogP contribution in [-0.4, -0.2) is 19.1 Å². The summed E-state index contributed by atoms with van der Waals surface area (Å²) in [4.78, 5) is 11.9. The van der Waals surface area contributed by atoms with E-state index in [1.807, 2.05) is 12.1 Å². The number of anilines is 1. The lowest BCUT2D eigenvalue weighted by atomic mass is 9.87. The number of nitrogens with one attached hydrogen (secondary N) is 1. The van der Waals surface area contributed by atoms with Gasteiger partial charge in [0.25, 0.3) is 0 Å². The molecule has 1 aliphatic heterocycles. The van der Waals surface area contributed by atoms with E-state index in [9.17, 15) is 4.79 Å². The van der Waals surface area contributed by atoms with Gasteiger partial charge in [-0.1, -0.05) is 32.9 Å². The van der Waals surface area contributed by atoms with Crippen molar-refractivity contribution < 1.29 is 9.53 Å². The fraction of sp³-hybridized carbons (Fsp3) is 0.562. The number of amides is 1. The van der Waals surface area contributed by atoms with E-state index in [1.165, 1.54) is 5.56 Å². The Bertz CT molecular complexity index is 425. The molecule has 1 atom stereocenters. The van der Waals surface area contributed by atoms with Crippen molar-refractivity contribution in [3.63, 3.8) is 0 Å². The molecule has 1 aliphatic rings. The summed E-state index contributed by atoms with van der Waals surface area (Å²) in [5, 5.41) is 2.95. The summed E-state index contributed by atoms with van der Waals surface area (Å²) in [5.41, 5.74) is 2.29. The van der Waals surface area contributed by atoms with Crippen molar-refractivity contribution in [2.75, 3.05) is 18.5 Å². The maximum absolute atomic E-state index is 11.9. The zero-order chi connectivity index (χ0) is 13.9. The Balaban J connectivity index is 1.90. The minimum atomic E-state index is 0.0824. The topological polar surface area (TPSA) is 38.3 Å². The summed E-state index contributed by atoms with van der Waals surface area (Å²) in [6.45, 7) is 8.05. The molecule has 1 aromatic rings. The minimum absolute atomic E-state index is 0.0824. The van der Waals surface area contributed by atoms with Crippen LogP contribution in [0.3, 0.4) is 0 Å². The largest absolute Gasteiger partial charge is 0.381 e. The van der Waals surface area contributed by atoms with Crippen LogP contribution in [0.1, 0.15) is 39.2 Å². The smallest absolute Gasteiger partial charge is 0.224 e. The number of hydrogen-bond donors (Lipinski definition) is 1. The predicted molar refractivity (Wildman–Crippen MR) is 77.3 cm³/mol. The van der Waals surface area contributed by atoms with Gasteiger partial charge >= 0.3 is 0 Å². The number of ether oxygens (including phenoxy) is 1. The lowest BCUT2D eigenvalue weighted by Crippen LogP contribution is -2.17. The van der Waals surface area contributed by atoms with Crippen LogP contribution in [0.4, 0.5) is 5.69 Å². The molecule has 1 amide bonds. The zero-order valence-corrected chi connectivity index (χ0v) is 12.0. The number of benzene rings is 1. The molecule has 3 heteroatoms. The quantitative estimate of drug-likeness (QED) is 0.906. The van der Waals surface area contributed by atoms with Crippen molar-refractivity contribution in [2.24, 2.45) is 5.92 Å². The van der Waals surface area contributed by atoms with Crippen LogP contribution < -0.4 is 5.32 Å². The molecule has 1 N–H and O–H groups in total. The van der Waals surface area contributed by atoms with E-state index in [2.05, 4.69) is 38.2 Å². The van der Waals surface area contributed by atoms with E-state index in [0.29, 0.717) is 12.3 Å². The molecule has 1 heterocycles. The Kier molecular flexibility index (Phi) is 4.25. The van der Waals surface area contributed by atoms with Gasteiger partial charge in [-0.2, -0.15) is 0 Å². The highest BCUT2D eigenvalue weighted by molar-refractivity contribution is 5.90. The average Bonchev–Trinajstić information content (AvgIpc) is 2.81. The first-order chi connectivity index (χ1) is 8.95. The van der Waals surface area contributed by atoms with Gasteiger partial charge in [0.2, 0.25) is 5.91 Å². The maximum atomic E-state index is 11.9. The second-order valence-corrected chi connectivity index (χ2v) is 6.31. The van der Waals surface area contributed by atoms with Gasteiger partial charge in [0.15, 0.2) is 0 Å². The molecule has 1 unspecified atom stereocenters. The SMILES string of the molecule is CC(C)(C)c1ccc(NC(=O)CC2CCOC2)cc1. The van der Waals surface area contributed by atoms with Crippen LogP contribution in [0.15, 0.2) is 24.3 Å². The summed E-state index contributed by atoms with van der Waals surface area (Å²) in [5.74, 6) is 0.466. The Hall–Kier alpha value is -1.35. The summed E-state index contributed by atoms with van der Waals surface area (Å²) in [7, 11) is 0. The van der Waals surface area contributed by atoms with Gasteiger partial charge in [0.05, 0.1) is 0 Å². The highest BCUT2D eigenvalue weighted by Crippen LogP contribution is 2.24. The fourth-order valence-corrected chi connectivity index (χ4v) is 2.27. The average molecular weight is 261 g/mol. The molecule has 1 aromatic carbocycles. The normalized spacial score (nSPS) is 19.4. The first kappa shape index (κ1) is 14.1. The first-order valence-corrected chi connectivity index (χ1v) is 6.93. The summed E-state index contributed by atoms with van der Waals surface area (Å²) >= 11 is 0. The minimum Gasteiger partial charge on any atom is -0.381 e. The Morgan fingerprint density at radius 1 is 1.32 bits per heavy atom. The maximum Gasteiger partial charge on any atom is 0.224 e. The molecule has 1 saturated heterocycles. The van der Waals surface area contributed by atoms with Crippen molar-refractivity contribution in [1.82, 2.24) is 0 Å². The van der Waals surface area contributed by atoms with Crippen LogP contribution in [0.2, 0.25) is 0 Å². The van der Waals surface area contributed by atoms with E-state index < -0.39 is 0 Å². The van der Waals surface area contributed by atoms with Gasteiger partial charge in [-0.3, -0.25) is 4.79 Å². The fourth-order valence-electron chi connectivity index (χ4n) is 2.27. The van der Waals surface area contributed by atoms with Gasteiger partial charge in [0.1, 0.15) is 0 Å². The van der Waals surface area contributed by atoms with E-state index in [-0.39, 0.29) is 11.3 Å². The summed E-state index contributed by atoms with van der Waals surface area (Å²) < 4.78 is 5.28. The molecule has 104 valence electrons. The van der Waals surface area contributed by atoms with Gasteiger partial charge in [-0.25, -0.2) is 0 Å². The van der Waals surface area contributed by atoms with E-state index >= 15 is 0 Å². The number of hydrogen-bond acceptors (Lipinski definition) is 2. The third kappa shape index (κ3) is 4.06. The molecular formula is C16H23NO2. The highest BCUT2D eigenvalue weighted by atomic mass is 16.5. The van der Waals surface area contributed by atoms with Crippen LogP contribution in [0.25, 0.3) is 0 Å². The standard InChI is InChI=1S/C16H23NO2/c1-16(2,3)13-4-6-14(7-5-13)17-15(18)10-12-8-9-19-11-12/h4-7,12H,8-11H2,1-3H3,(H,17,18). The van der Waals surface area contributed by atoms with Crippen molar-refractivity contribution in [2.45, 2.75) is 39.0 Å². The predicted octanol–water partition coefficient (Wildman–Crippen LogP) is 3.35. The Labute approximate surface area is 115 Å². The van der Waals surface area contributed by atoms with E-state index in [0.717, 1.165) is 25.3 Å². The van der Waals surface area contributed by atoms with Crippen molar-refractivity contribution in [3.05, 3.63) is 29.8 Å². The second-order valence-electron chi connectivity index (χ2n) is 6.31. The summed E-state index contributed by atoms with van der Waals surface area (Å²) in [6, 6.07) is 8.11. The van der Waals surface area contributed by atoms with Crippen LogP contribution in [0.5, 0.6) is 0 Å². The molecule has 0 radical (unpaired) electrons. The second kappa shape index (κ2) is 5.74. The third-order valence-electron chi connectivity index (χ3n) is 3.53. The van der Waals surface area contributed by atoms with Crippen LogP contribution >= 0.6 is 0 Å². The lowest BCUT2D eigenvalue weighted by molar-refractivity contribution is -0.117. The molecule has 19 heavy (non-hydrogen) atoms. The molecule has 0 aromatic heterocycles. The number of carbonyl (C=O) groups is 1. The molecule has 1 fully saturated rings. The van der Waals surface area contributed by atoms with E-state index in [4.69, 9.17) is 4.74 Å². The summed E-state index contributed by atoms with van der Waals surface area (Å²) in [6.07, 6.45) is 1.55. The van der Waals surface area contributed by atoms with Gasteiger partial charge in [0, 0.05) is 25.3 Å². The molecule has 3 nitrogen and oxygen atoms in total. The first-order valence-electron chi connectivity index (χ1n) is 6.93. The monoisotopic (exact) mass is 261 g/mol. The van der Waals surface area contributed by atoms with Crippen molar-refractivity contribution >= 4 is 11.6 Å². The number of carbonyl (C=O) groups excluding carboxylic acids is 1. The Morgan fingerprint density at radius 3 is 2.53 bits per heavy atom. The van der Waals surface area contributed by atoms with Crippen molar-refractivity contribution in [1.29, 1.82) is 0 Å². The molecule has 2 rings (SSSR count). The molecule has 0 bridgehead atoms. The van der Waals surface area contributed by atoms with Gasteiger partial charge in [-0.15, -0.1) is 0 Å². The molecule has 0 spiro atoms. The third-order valence-corrected chi connectivity index (χ3v) is 3.53. The molecule has 0 aliphatic carbocycles.